The van der Waals surface area contributed by atoms with Crippen LogP contribution in [0, 0.1) is 23.2 Å². The second-order valence-electron chi connectivity index (χ2n) is 8.79. The van der Waals surface area contributed by atoms with Gasteiger partial charge in [-0.1, -0.05) is 0 Å². The first-order chi connectivity index (χ1) is 13.6. The molecule has 1 aliphatic carbocycles. The molecule has 5 rings (SSSR count). The van der Waals surface area contributed by atoms with Gasteiger partial charge in [0.25, 0.3) is 5.91 Å². The third-order valence-electron chi connectivity index (χ3n) is 7.21. The molecule has 2 N–H and O–H groups in total. The normalized spacial score (nSPS) is 36.6. The van der Waals surface area contributed by atoms with Crippen LogP contribution in [0.25, 0.3) is 0 Å². The van der Waals surface area contributed by atoms with E-state index in [-0.39, 0.29) is 41.9 Å². The highest BCUT2D eigenvalue weighted by Crippen LogP contribution is 2.48. The maximum atomic E-state index is 13.1. The summed E-state index contributed by atoms with van der Waals surface area (Å²) in [5.41, 5.74) is 7.06. The third kappa shape index (κ3) is 2.70. The molecule has 3 aliphatic heterocycles. The summed E-state index contributed by atoms with van der Waals surface area (Å²) in [5, 5.41) is 9.38. The smallest absolute Gasteiger partial charge is 0.255 e. The van der Waals surface area contributed by atoms with E-state index in [1.807, 2.05) is 4.90 Å². The van der Waals surface area contributed by atoms with Crippen molar-refractivity contribution in [3.63, 3.8) is 0 Å². The largest absolute Gasteiger partial charge is 0.333 e. The molecule has 1 saturated carbocycles. The van der Waals surface area contributed by atoms with E-state index >= 15 is 0 Å². The number of likely N-dealkylation sites (tertiary alicyclic amines) is 1. The van der Waals surface area contributed by atoms with Crippen LogP contribution in [0.5, 0.6) is 0 Å². The van der Waals surface area contributed by atoms with E-state index in [0.29, 0.717) is 11.5 Å². The van der Waals surface area contributed by atoms with Crippen molar-refractivity contribution >= 4 is 11.8 Å². The van der Waals surface area contributed by atoms with Crippen molar-refractivity contribution in [1.82, 2.24) is 14.8 Å². The molecule has 3 saturated heterocycles. The number of rotatable bonds is 3. The van der Waals surface area contributed by atoms with Crippen LogP contribution in [0.15, 0.2) is 24.5 Å². The fraction of sp³-hybridized carbons (Fsp3) is 0.619. The topological polar surface area (TPSA) is 103 Å². The lowest BCUT2D eigenvalue weighted by molar-refractivity contribution is -0.135. The van der Waals surface area contributed by atoms with Gasteiger partial charge < -0.3 is 15.5 Å². The SMILES string of the molecule is N#CC1CC2CC2N1C(=O)C(N)C1CC2CCC(C1)N2C(=O)c1cccnc1. The van der Waals surface area contributed by atoms with Gasteiger partial charge in [0.15, 0.2) is 0 Å². The first-order valence-electron chi connectivity index (χ1n) is 10.3. The van der Waals surface area contributed by atoms with E-state index in [1.165, 1.54) is 0 Å². The Morgan fingerprint density at radius 3 is 2.57 bits per heavy atom. The molecule has 6 unspecified atom stereocenters. The number of amides is 2. The fourth-order valence-electron chi connectivity index (χ4n) is 5.75. The van der Waals surface area contributed by atoms with Gasteiger partial charge in [-0.2, -0.15) is 5.26 Å². The molecular formula is C21H25N5O2. The zero-order chi connectivity index (χ0) is 19.4. The highest BCUT2D eigenvalue weighted by atomic mass is 16.2. The summed E-state index contributed by atoms with van der Waals surface area (Å²) in [4.78, 5) is 33.9. The number of fused-ring (bicyclic) bond motifs is 3. The average Bonchev–Trinajstić information content (AvgIpc) is 3.32. The number of pyridine rings is 1. The molecule has 2 amide bonds. The monoisotopic (exact) mass is 379 g/mol. The molecule has 4 aliphatic rings. The molecule has 2 bridgehead atoms. The predicted molar refractivity (Wildman–Crippen MR) is 101 cm³/mol. The zero-order valence-electron chi connectivity index (χ0n) is 15.8. The third-order valence-corrected chi connectivity index (χ3v) is 7.21. The molecule has 28 heavy (non-hydrogen) atoms. The molecule has 1 aromatic heterocycles. The fourth-order valence-corrected chi connectivity index (χ4v) is 5.75. The van der Waals surface area contributed by atoms with Crippen LogP contribution in [-0.4, -0.2) is 56.8 Å². The van der Waals surface area contributed by atoms with Gasteiger partial charge in [-0.25, -0.2) is 0 Å². The number of carbonyl (C=O) groups excluding carboxylic acids is 2. The number of piperidine rings is 2. The number of aromatic nitrogens is 1. The maximum absolute atomic E-state index is 13.1. The summed E-state index contributed by atoms with van der Waals surface area (Å²) >= 11 is 0. The molecular weight excluding hydrogens is 354 g/mol. The summed E-state index contributed by atoms with van der Waals surface area (Å²) < 4.78 is 0. The number of hydrogen-bond donors (Lipinski definition) is 1. The van der Waals surface area contributed by atoms with E-state index in [0.717, 1.165) is 38.5 Å². The lowest BCUT2D eigenvalue weighted by atomic mass is 9.84. The standard InChI is InChI=1S/C21H25N5O2/c22-10-17-6-13-9-18(13)26(17)21(28)19(23)14-7-15-3-4-16(8-14)25(15)20(27)12-2-1-5-24-11-12/h1-2,5,11,13-19H,3-4,6-9,23H2. The summed E-state index contributed by atoms with van der Waals surface area (Å²) in [6.07, 6.45) is 8.53. The van der Waals surface area contributed by atoms with E-state index < -0.39 is 6.04 Å². The van der Waals surface area contributed by atoms with Gasteiger partial charge in [0, 0.05) is 30.5 Å². The van der Waals surface area contributed by atoms with Crippen LogP contribution in [0.1, 0.15) is 48.9 Å². The molecule has 7 nitrogen and oxygen atoms in total. The van der Waals surface area contributed by atoms with Crippen LogP contribution < -0.4 is 5.73 Å². The minimum Gasteiger partial charge on any atom is -0.333 e. The maximum Gasteiger partial charge on any atom is 0.255 e. The highest BCUT2D eigenvalue weighted by molar-refractivity contribution is 5.94. The minimum absolute atomic E-state index is 0.0313. The molecule has 4 heterocycles. The van der Waals surface area contributed by atoms with Crippen LogP contribution in [0.3, 0.4) is 0 Å². The van der Waals surface area contributed by atoms with Gasteiger partial charge in [-0.3, -0.25) is 14.6 Å². The van der Waals surface area contributed by atoms with E-state index in [9.17, 15) is 14.9 Å². The zero-order valence-corrected chi connectivity index (χ0v) is 15.8. The van der Waals surface area contributed by atoms with Gasteiger partial charge in [0.2, 0.25) is 5.91 Å². The molecule has 0 radical (unpaired) electrons. The summed E-state index contributed by atoms with van der Waals surface area (Å²) in [6, 6.07) is 5.47. The van der Waals surface area contributed by atoms with E-state index in [1.54, 1.807) is 29.4 Å². The first-order valence-corrected chi connectivity index (χ1v) is 10.3. The summed E-state index contributed by atoms with van der Waals surface area (Å²) in [7, 11) is 0. The Morgan fingerprint density at radius 2 is 1.93 bits per heavy atom. The van der Waals surface area contributed by atoms with Crippen LogP contribution in [-0.2, 0) is 4.79 Å². The molecule has 4 fully saturated rings. The van der Waals surface area contributed by atoms with Crippen molar-refractivity contribution in [3.05, 3.63) is 30.1 Å². The van der Waals surface area contributed by atoms with Gasteiger partial charge in [-0.15, -0.1) is 0 Å². The molecule has 1 aromatic rings. The van der Waals surface area contributed by atoms with Crippen LogP contribution in [0.2, 0.25) is 0 Å². The van der Waals surface area contributed by atoms with Crippen molar-refractivity contribution in [2.24, 2.45) is 17.6 Å². The second-order valence-corrected chi connectivity index (χ2v) is 8.79. The Kier molecular flexibility index (Phi) is 4.13. The lowest BCUT2D eigenvalue weighted by Gasteiger charge is -2.41. The number of nitrogens with two attached hydrogens (primary N) is 1. The Balaban J connectivity index is 1.29. The number of hydrogen-bond acceptors (Lipinski definition) is 5. The number of nitrogens with zero attached hydrogens (tertiary/aromatic N) is 4. The van der Waals surface area contributed by atoms with Crippen molar-refractivity contribution < 1.29 is 9.59 Å². The van der Waals surface area contributed by atoms with Gasteiger partial charge in [-0.05, 0) is 62.5 Å². The summed E-state index contributed by atoms with van der Waals surface area (Å²) in [6.45, 7) is 0. The highest BCUT2D eigenvalue weighted by Gasteiger charge is 2.56. The van der Waals surface area contributed by atoms with Crippen molar-refractivity contribution in [1.29, 1.82) is 5.26 Å². The number of nitriles is 1. The lowest BCUT2D eigenvalue weighted by Crippen LogP contribution is -2.55. The Hall–Kier alpha value is -2.46. The Labute approximate surface area is 164 Å². The quantitative estimate of drug-likeness (QED) is 0.853. The summed E-state index contributed by atoms with van der Waals surface area (Å²) in [5.74, 6) is 0.535. The first kappa shape index (κ1) is 17.6. The van der Waals surface area contributed by atoms with E-state index in [2.05, 4.69) is 11.1 Å². The van der Waals surface area contributed by atoms with Crippen molar-refractivity contribution in [3.8, 4) is 6.07 Å². The Morgan fingerprint density at radius 1 is 1.18 bits per heavy atom. The minimum atomic E-state index is -0.575. The molecule has 0 aromatic carbocycles. The van der Waals surface area contributed by atoms with Crippen LogP contribution in [0.4, 0.5) is 0 Å². The molecule has 7 heteroatoms. The van der Waals surface area contributed by atoms with Gasteiger partial charge in [0.05, 0.1) is 17.7 Å². The second kappa shape index (κ2) is 6.56. The van der Waals surface area contributed by atoms with E-state index in [4.69, 9.17) is 5.73 Å². The van der Waals surface area contributed by atoms with Gasteiger partial charge >= 0.3 is 0 Å². The van der Waals surface area contributed by atoms with Crippen molar-refractivity contribution in [2.75, 3.05) is 0 Å². The van der Waals surface area contributed by atoms with Gasteiger partial charge in [0.1, 0.15) is 6.04 Å². The average molecular weight is 379 g/mol. The predicted octanol–water partition coefficient (Wildman–Crippen LogP) is 1.31. The Bertz CT molecular complexity index is 823. The number of carbonyl (C=O) groups is 2. The van der Waals surface area contributed by atoms with Crippen molar-refractivity contribution in [2.45, 2.75) is 68.7 Å². The van der Waals surface area contributed by atoms with Crippen LogP contribution >= 0.6 is 0 Å². The molecule has 0 spiro atoms. The molecule has 146 valence electrons. The molecule has 6 atom stereocenters.